The first kappa shape index (κ1) is 19.4. The number of phenolic OH excluding ortho intramolecular Hbond substituents is 1. The summed E-state index contributed by atoms with van der Waals surface area (Å²) in [5.41, 5.74) is 4.14. The predicted molar refractivity (Wildman–Crippen MR) is 110 cm³/mol. The summed E-state index contributed by atoms with van der Waals surface area (Å²) in [6.07, 6.45) is 2.36. The summed E-state index contributed by atoms with van der Waals surface area (Å²) in [7, 11) is -4.12. The zero-order valence-electron chi connectivity index (χ0n) is 15.7. The largest absolute Gasteiger partial charge is 0.507 e. The van der Waals surface area contributed by atoms with Crippen LogP contribution in [0.15, 0.2) is 34.7 Å². The Morgan fingerprint density at radius 3 is 2.79 bits per heavy atom. The molecule has 2 fully saturated rings. The van der Waals surface area contributed by atoms with Gasteiger partial charge in [-0.1, -0.05) is 26.0 Å². The van der Waals surface area contributed by atoms with Crippen LogP contribution < -0.4 is 5.43 Å². The Hall–Kier alpha value is -1.97. The second-order valence-electron chi connectivity index (χ2n) is 8.20. The monoisotopic (exact) mass is 421 g/mol. The van der Waals surface area contributed by atoms with Gasteiger partial charge in [0.2, 0.25) is 5.13 Å². The van der Waals surface area contributed by atoms with Crippen molar-refractivity contribution in [3.05, 3.63) is 29.6 Å². The number of rotatable bonds is 5. The zero-order valence-corrected chi connectivity index (χ0v) is 17.3. The Morgan fingerprint density at radius 2 is 2.11 bits per heavy atom. The highest BCUT2D eigenvalue weighted by atomic mass is 32.2. The van der Waals surface area contributed by atoms with E-state index in [2.05, 4.69) is 29.4 Å². The molecule has 7 nitrogen and oxygen atoms in total. The molecule has 2 saturated carbocycles. The van der Waals surface area contributed by atoms with E-state index in [4.69, 9.17) is 0 Å². The van der Waals surface area contributed by atoms with Crippen LogP contribution in [-0.4, -0.2) is 34.5 Å². The Labute approximate surface area is 168 Å². The van der Waals surface area contributed by atoms with Crippen molar-refractivity contribution in [1.29, 1.82) is 0 Å². The minimum absolute atomic E-state index is 0.160. The van der Waals surface area contributed by atoms with Crippen molar-refractivity contribution in [3.63, 3.8) is 0 Å². The van der Waals surface area contributed by atoms with Crippen LogP contribution >= 0.6 is 11.3 Å². The number of nitrogens with one attached hydrogen (secondary N) is 1. The smallest absolute Gasteiger partial charge is 0.265 e. The number of phenols is 1. The third-order valence-corrected chi connectivity index (χ3v) is 8.17. The summed E-state index contributed by atoms with van der Waals surface area (Å²) in [6.45, 7) is 4.14. The highest BCUT2D eigenvalue weighted by Crippen LogP contribution is 2.64. The average Bonchev–Trinajstić information content (AvgIpc) is 3.22. The number of hydrogen-bond donors (Lipinski definition) is 3. The molecule has 0 aliphatic heterocycles. The molecule has 1 aromatic heterocycles. The number of nitrogens with zero attached hydrogens (tertiary/aromatic N) is 2. The molecule has 1 aromatic carbocycles. The minimum atomic E-state index is -4.12. The Balaban J connectivity index is 1.61. The second kappa shape index (κ2) is 6.53. The Bertz CT molecular complexity index is 1040. The first-order valence-electron chi connectivity index (χ1n) is 9.14. The minimum Gasteiger partial charge on any atom is -0.507 e. The lowest BCUT2D eigenvalue weighted by molar-refractivity contribution is 0.193. The van der Waals surface area contributed by atoms with Gasteiger partial charge >= 0.3 is 0 Å². The molecule has 4 rings (SSSR count). The van der Waals surface area contributed by atoms with Gasteiger partial charge in [-0.05, 0) is 42.7 Å². The van der Waals surface area contributed by atoms with Crippen LogP contribution in [0.3, 0.4) is 0 Å². The summed E-state index contributed by atoms with van der Waals surface area (Å²) >= 11 is 1.36. The van der Waals surface area contributed by atoms with Crippen molar-refractivity contribution in [2.24, 2.45) is 21.8 Å². The summed E-state index contributed by atoms with van der Waals surface area (Å²) in [6, 6.07) is 6.98. The number of fused-ring (bicyclic) bond motifs is 2. The molecule has 1 heterocycles. The number of para-hydroxylation sites is 1. The number of aromatic hydroxyl groups is 1. The van der Waals surface area contributed by atoms with Gasteiger partial charge in [-0.3, -0.25) is 9.98 Å². The lowest BCUT2D eigenvalue weighted by atomic mass is 9.70. The standard InChI is InChI=1S/C19H23N3O4S2/c1-18(2)12-7-8-19(18,11-28(24,25)26)16(9-12)21-22-17-20-14(10-27-17)13-5-3-4-6-15(13)23/h3-6,10,12,23H,7-9,11H2,1-2H3,(H,20,22)(H,24,25,26). The SMILES string of the molecule is CC1(C)C2CCC1(CS(=O)(=O)O)C(=NNc1nc(-c3ccccc3O)cs1)C2. The van der Waals surface area contributed by atoms with E-state index in [9.17, 15) is 18.1 Å². The van der Waals surface area contributed by atoms with Crippen LogP contribution in [0, 0.1) is 16.7 Å². The maximum atomic E-state index is 11.7. The highest BCUT2D eigenvalue weighted by molar-refractivity contribution is 7.85. The molecule has 0 radical (unpaired) electrons. The third-order valence-electron chi connectivity index (χ3n) is 6.57. The lowest BCUT2D eigenvalue weighted by Gasteiger charge is -2.37. The Kier molecular flexibility index (Phi) is 4.52. The third kappa shape index (κ3) is 3.11. The van der Waals surface area contributed by atoms with Gasteiger partial charge in [0, 0.05) is 22.1 Å². The normalized spacial score (nSPS) is 27.4. The van der Waals surface area contributed by atoms with Crippen molar-refractivity contribution in [2.45, 2.75) is 33.1 Å². The summed E-state index contributed by atoms with van der Waals surface area (Å²) in [4.78, 5) is 4.47. The maximum Gasteiger partial charge on any atom is 0.265 e. The number of hydrogen-bond acceptors (Lipinski definition) is 7. The molecule has 28 heavy (non-hydrogen) atoms. The molecule has 2 aliphatic carbocycles. The molecule has 2 atom stereocenters. The van der Waals surface area contributed by atoms with Crippen LogP contribution in [0.5, 0.6) is 5.75 Å². The van der Waals surface area contributed by atoms with Crippen molar-refractivity contribution in [3.8, 4) is 17.0 Å². The van der Waals surface area contributed by atoms with Gasteiger partial charge in [0.05, 0.1) is 11.4 Å². The molecule has 3 N–H and O–H groups in total. The van der Waals surface area contributed by atoms with Crippen molar-refractivity contribution in [1.82, 2.24) is 4.98 Å². The number of thiazole rings is 1. The lowest BCUT2D eigenvalue weighted by Crippen LogP contribution is -2.42. The number of aromatic nitrogens is 1. The zero-order chi connectivity index (χ0) is 20.2. The van der Waals surface area contributed by atoms with E-state index in [0.717, 1.165) is 12.1 Å². The molecule has 2 bridgehead atoms. The molecular formula is C19H23N3O4S2. The maximum absolute atomic E-state index is 11.7. The van der Waals surface area contributed by atoms with E-state index in [1.165, 1.54) is 11.3 Å². The second-order valence-corrected chi connectivity index (χ2v) is 10.5. The summed E-state index contributed by atoms with van der Waals surface area (Å²) < 4.78 is 33.0. The van der Waals surface area contributed by atoms with Gasteiger partial charge < -0.3 is 5.11 Å². The van der Waals surface area contributed by atoms with Crippen LogP contribution in [0.1, 0.15) is 33.1 Å². The fourth-order valence-electron chi connectivity index (χ4n) is 4.86. The van der Waals surface area contributed by atoms with E-state index in [1.807, 2.05) is 11.4 Å². The van der Waals surface area contributed by atoms with Gasteiger partial charge in [0.1, 0.15) is 5.75 Å². The van der Waals surface area contributed by atoms with Crippen LogP contribution in [0.25, 0.3) is 11.3 Å². The van der Waals surface area contributed by atoms with Gasteiger partial charge in [0.25, 0.3) is 10.1 Å². The first-order chi connectivity index (χ1) is 13.1. The van der Waals surface area contributed by atoms with Crippen LogP contribution in [0.4, 0.5) is 5.13 Å². The molecule has 9 heteroatoms. The highest BCUT2D eigenvalue weighted by Gasteiger charge is 2.64. The first-order valence-corrected chi connectivity index (χ1v) is 11.6. The molecular weight excluding hydrogens is 398 g/mol. The van der Waals surface area contributed by atoms with E-state index in [1.54, 1.807) is 18.2 Å². The molecule has 150 valence electrons. The van der Waals surface area contributed by atoms with E-state index in [-0.39, 0.29) is 16.9 Å². The molecule has 0 amide bonds. The van der Waals surface area contributed by atoms with E-state index >= 15 is 0 Å². The van der Waals surface area contributed by atoms with Crippen molar-refractivity contribution < 1.29 is 18.1 Å². The summed E-state index contributed by atoms with van der Waals surface area (Å²) in [5.74, 6) is 0.209. The number of anilines is 1. The van der Waals surface area contributed by atoms with Gasteiger partial charge in [-0.25, -0.2) is 4.98 Å². The number of benzene rings is 1. The van der Waals surface area contributed by atoms with E-state index < -0.39 is 15.5 Å². The summed E-state index contributed by atoms with van der Waals surface area (Å²) in [5, 5.41) is 16.9. The van der Waals surface area contributed by atoms with Gasteiger partial charge in [-0.15, -0.1) is 11.3 Å². The van der Waals surface area contributed by atoms with Crippen molar-refractivity contribution >= 4 is 32.3 Å². The molecule has 0 spiro atoms. The molecule has 2 unspecified atom stereocenters. The molecule has 0 saturated heterocycles. The van der Waals surface area contributed by atoms with Crippen molar-refractivity contribution in [2.75, 3.05) is 11.2 Å². The van der Waals surface area contributed by atoms with E-state index in [0.29, 0.717) is 35.1 Å². The van der Waals surface area contributed by atoms with Gasteiger partial charge in [-0.2, -0.15) is 13.5 Å². The van der Waals surface area contributed by atoms with Crippen LogP contribution in [-0.2, 0) is 10.1 Å². The quantitative estimate of drug-likeness (QED) is 0.497. The predicted octanol–water partition coefficient (Wildman–Crippen LogP) is 4.00. The number of hydrazone groups is 1. The topological polar surface area (TPSA) is 112 Å². The molecule has 2 aromatic rings. The Morgan fingerprint density at radius 1 is 1.36 bits per heavy atom. The fraction of sp³-hybridized carbons (Fsp3) is 0.474. The van der Waals surface area contributed by atoms with Crippen LogP contribution in [0.2, 0.25) is 0 Å². The molecule has 2 aliphatic rings. The average molecular weight is 422 g/mol. The fourth-order valence-corrected chi connectivity index (χ4v) is 6.81. The van der Waals surface area contributed by atoms with Gasteiger partial charge in [0.15, 0.2) is 0 Å².